The van der Waals surface area contributed by atoms with E-state index >= 15 is 0 Å². The van der Waals surface area contributed by atoms with Crippen molar-refractivity contribution in [3.63, 3.8) is 0 Å². The van der Waals surface area contributed by atoms with E-state index in [-0.39, 0.29) is 5.95 Å². The van der Waals surface area contributed by atoms with E-state index in [0.29, 0.717) is 40.6 Å². The van der Waals surface area contributed by atoms with Gasteiger partial charge in [0.05, 0.1) is 24.8 Å². The topological polar surface area (TPSA) is 82.3 Å². The summed E-state index contributed by atoms with van der Waals surface area (Å²) in [6.45, 7) is 2.25. The van der Waals surface area contributed by atoms with Crippen LogP contribution in [-0.4, -0.2) is 30.7 Å². The second-order valence-corrected chi connectivity index (χ2v) is 5.33. The molecule has 0 radical (unpaired) electrons. The zero-order valence-corrected chi connectivity index (χ0v) is 14.3. The number of nitrogens with zero attached hydrogens (tertiary/aromatic N) is 2. The van der Waals surface area contributed by atoms with Crippen LogP contribution in [0.25, 0.3) is 22.0 Å². The Labute approximate surface area is 144 Å². The van der Waals surface area contributed by atoms with Crippen LogP contribution in [0.5, 0.6) is 11.5 Å². The Morgan fingerprint density at radius 2 is 2.00 bits per heavy atom. The largest absolute Gasteiger partial charge is 0.497 e. The molecule has 0 bridgehead atoms. The molecular formula is C18H19FN4O2. The number of anilines is 2. The van der Waals surface area contributed by atoms with Crippen molar-refractivity contribution in [1.29, 1.82) is 0 Å². The molecule has 1 aromatic heterocycles. The molecule has 0 aliphatic rings. The van der Waals surface area contributed by atoms with Crippen LogP contribution in [0.4, 0.5) is 16.2 Å². The van der Waals surface area contributed by atoms with E-state index in [9.17, 15) is 4.39 Å². The van der Waals surface area contributed by atoms with E-state index in [4.69, 9.17) is 15.2 Å². The van der Waals surface area contributed by atoms with E-state index in [1.807, 2.05) is 13.0 Å². The maximum atomic E-state index is 14.7. The third-order valence-corrected chi connectivity index (χ3v) is 3.80. The summed E-state index contributed by atoms with van der Waals surface area (Å²) < 4.78 is 25.4. The Hall–Kier alpha value is -3.09. The Balaban J connectivity index is 2.22. The van der Waals surface area contributed by atoms with Crippen molar-refractivity contribution in [1.82, 2.24) is 9.97 Å². The maximum absolute atomic E-state index is 14.7. The first kappa shape index (κ1) is 16.8. The van der Waals surface area contributed by atoms with Crippen LogP contribution in [0.1, 0.15) is 6.92 Å². The summed E-state index contributed by atoms with van der Waals surface area (Å²) >= 11 is 0. The van der Waals surface area contributed by atoms with Gasteiger partial charge >= 0.3 is 0 Å². The molecule has 0 unspecified atom stereocenters. The quantitative estimate of drug-likeness (QED) is 0.739. The highest BCUT2D eigenvalue weighted by atomic mass is 19.1. The number of ether oxygens (including phenoxy) is 2. The average Bonchev–Trinajstić information content (AvgIpc) is 2.60. The molecule has 0 spiro atoms. The summed E-state index contributed by atoms with van der Waals surface area (Å²) in [5, 5.41) is 3.78. The van der Waals surface area contributed by atoms with Crippen molar-refractivity contribution in [2.45, 2.75) is 6.92 Å². The Morgan fingerprint density at radius 1 is 1.20 bits per heavy atom. The lowest BCUT2D eigenvalue weighted by molar-refractivity contribution is 0.335. The van der Waals surface area contributed by atoms with Crippen molar-refractivity contribution in [3.05, 3.63) is 36.1 Å². The Kier molecular flexibility index (Phi) is 4.56. The van der Waals surface area contributed by atoms with Gasteiger partial charge in [0.1, 0.15) is 23.1 Å². The summed E-state index contributed by atoms with van der Waals surface area (Å²) in [6.07, 6.45) is 0. The number of rotatable bonds is 5. The number of halogens is 1. The number of methoxy groups -OCH3 is 1. The Bertz CT molecular complexity index is 931. The zero-order chi connectivity index (χ0) is 18.0. The third kappa shape index (κ3) is 3.13. The molecule has 0 amide bonds. The van der Waals surface area contributed by atoms with E-state index in [0.717, 1.165) is 5.39 Å². The number of nitrogens with two attached hydrogens (primary N) is 1. The highest BCUT2D eigenvalue weighted by Crippen LogP contribution is 2.38. The number of aromatic nitrogens is 2. The van der Waals surface area contributed by atoms with E-state index < -0.39 is 5.82 Å². The summed E-state index contributed by atoms with van der Waals surface area (Å²) in [6, 6.07) is 8.39. The first-order valence-corrected chi connectivity index (χ1v) is 7.83. The van der Waals surface area contributed by atoms with Crippen LogP contribution < -0.4 is 20.5 Å². The molecule has 0 atom stereocenters. The second kappa shape index (κ2) is 6.80. The van der Waals surface area contributed by atoms with Gasteiger partial charge in [-0.2, -0.15) is 4.98 Å². The van der Waals surface area contributed by atoms with E-state index in [2.05, 4.69) is 15.3 Å². The number of nitrogens with one attached hydrogen (secondary N) is 1. The van der Waals surface area contributed by atoms with E-state index in [1.54, 1.807) is 25.2 Å². The predicted molar refractivity (Wildman–Crippen MR) is 96.6 cm³/mol. The Morgan fingerprint density at radius 3 is 2.68 bits per heavy atom. The van der Waals surface area contributed by atoms with E-state index in [1.165, 1.54) is 13.2 Å². The van der Waals surface area contributed by atoms with Crippen molar-refractivity contribution in [2.24, 2.45) is 0 Å². The van der Waals surface area contributed by atoms with Crippen LogP contribution in [-0.2, 0) is 0 Å². The fourth-order valence-electron chi connectivity index (χ4n) is 2.72. The van der Waals surface area contributed by atoms with Gasteiger partial charge in [-0.3, -0.25) is 0 Å². The molecule has 0 aliphatic heterocycles. The molecule has 0 aliphatic carbocycles. The summed E-state index contributed by atoms with van der Waals surface area (Å²) in [5.74, 6) is 1.14. The maximum Gasteiger partial charge on any atom is 0.222 e. The molecule has 0 fully saturated rings. The van der Waals surface area contributed by atoms with Crippen LogP contribution in [0.2, 0.25) is 0 Å². The van der Waals surface area contributed by atoms with Gasteiger partial charge in [0, 0.05) is 24.6 Å². The van der Waals surface area contributed by atoms with Crippen LogP contribution in [0.15, 0.2) is 30.3 Å². The number of fused-ring (bicyclic) bond motifs is 1. The lowest BCUT2D eigenvalue weighted by Gasteiger charge is -2.14. The highest BCUT2D eigenvalue weighted by molar-refractivity contribution is 5.93. The molecule has 1 heterocycles. The normalized spacial score (nSPS) is 10.7. The third-order valence-electron chi connectivity index (χ3n) is 3.80. The van der Waals surface area contributed by atoms with Gasteiger partial charge in [-0.05, 0) is 24.6 Å². The van der Waals surface area contributed by atoms with Gasteiger partial charge in [0.2, 0.25) is 5.95 Å². The molecule has 3 aromatic rings. The molecule has 0 saturated heterocycles. The van der Waals surface area contributed by atoms with Crippen molar-refractivity contribution < 1.29 is 13.9 Å². The number of hydrogen-bond acceptors (Lipinski definition) is 6. The number of nitrogen functional groups attached to an aromatic ring is 1. The van der Waals surface area contributed by atoms with Crippen molar-refractivity contribution in [2.75, 3.05) is 31.8 Å². The lowest BCUT2D eigenvalue weighted by Crippen LogP contribution is -2.02. The van der Waals surface area contributed by atoms with Crippen LogP contribution in [0, 0.1) is 5.82 Å². The molecule has 6 nitrogen and oxygen atoms in total. The molecule has 2 aromatic carbocycles. The standard InChI is InChI=1S/C18H19FN4O2/c1-4-25-15-9-11(24-3)8-13(19)16(15)10-5-6-12-14(7-10)22-18(20)23-17(12)21-2/h5-9H,4H2,1-3H3,(H3,20,21,22,23). The van der Waals surface area contributed by atoms with Crippen molar-refractivity contribution >= 4 is 22.7 Å². The van der Waals surface area contributed by atoms with Gasteiger partial charge in [-0.25, -0.2) is 9.37 Å². The van der Waals surface area contributed by atoms with Crippen molar-refractivity contribution in [3.8, 4) is 22.6 Å². The fourth-order valence-corrected chi connectivity index (χ4v) is 2.72. The smallest absolute Gasteiger partial charge is 0.222 e. The summed E-state index contributed by atoms with van der Waals surface area (Å²) in [5.41, 5.74) is 7.36. The van der Waals surface area contributed by atoms with Gasteiger partial charge < -0.3 is 20.5 Å². The monoisotopic (exact) mass is 342 g/mol. The lowest BCUT2D eigenvalue weighted by atomic mass is 10.0. The molecule has 7 heteroatoms. The number of benzene rings is 2. The molecule has 130 valence electrons. The SMILES string of the molecule is CCOc1cc(OC)cc(F)c1-c1ccc2c(NC)nc(N)nc2c1. The minimum Gasteiger partial charge on any atom is -0.497 e. The van der Waals surface area contributed by atoms with Crippen LogP contribution in [0.3, 0.4) is 0 Å². The number of hydrogen-bond donors (Lipinski definition) is 2. The molecule has 3 N–H and O–H groups in total. The average molecular weight is 342 g/mol. The summed E-state index contributed by atoms with van der Waals surface area (Å²) in [7, 11) is 3.24. The van der Waals surface area contributed by atoms with Crippen LogP contribution >= 0.6 is 0 Å². The van der Waals surface area contributed by atoms with Gasteiger partial charge in [0.15, 0.2) is 0 Å². The minimum atomic E-state index is -0.432. The van der Waals surface area contributed by atoms with Gasteiger partial charge in [-0.15, -0.1) is 0 Å². The molecule has 3 rings (SSSR count). The van der Waals surface area contributed by atoms with Gasteiger partial charge in [-0.1, -0.05) is 6.07 Å². The second-order valence-electron chi connectivity index (χ2n) is 5.33. The van der Waals surface area contributed by atoms with Gasteiger partial charge in [0.25, 0.3) is 0 Å². The highest BCUT2D eigenvalue weighted by Gasteiger charge is 2.16. The molecule has 25 heavy (non-hydrogen) atoms. The molecule has 0 saturated carbocycles. The minimum absolute atomic E-state index is 0.147. The fraction of sp³-hybridized carbons (Fsp3) is 0.222. The first-order valence-electron chi connectivity index (χ1n) is 7.83. The summed E-state index contributed by atoms with van der Waals surface area (Å²) in [4.78, 5) is 8.40. The zero-order valence-electron chi connectivity index (χ0n) is 14.3. The molecular weight excluding hydrogens is 323 g/mol. The first-order chi connectivity index (χ1) is 12.1. The predicted octanol–water partition coefficient (Wildman–Crippen LogP) is 3.47.